The van der Waals surface area contributed by atoms with Crippen LogP contribution in [0.2, 0.25) is 5.02 Å². The van der Waals surface area contributed by atoms with Crippen molar-refractivity contribution in [2.24, 2.45) is 0 Å². The first kappa shape index (κ1) is 35.2. The Bertz CT molecular complexity index is 1800. The molecule has 0 bridgehead atoms. The Balaban J connectivity index is 1.59. The third-order valence-electron chi connectivity index (χ3n) is 8.90. The number of nitrogens with one attached hydrogen (secondary N) is 1. The molecule has 0 unspecified atom stereocenters. The fourth-order valence-corrected chi connectivity index (χ4v) is 7.96. The Morgan fingerprint density at radius 3 is 2.08 bits per heavy atom. The second kappa shape index (κ2) is 15.8. The van der Waals surface area contributed by atoms with E-state index in [1.807, 2.05) is 75.4 Å². The van der Waals surface area contributed by atoms with E-state index in [2.05, 4.69) is 5.32 Å². The highest BCUT2D eigenvalue weighted by molar-refractivity contribution is 7.92. The zero-order valence-corrected chi connectivity index (χ0v) is 29.4. The van der Waals surface area contributed by atoms with Crippen LogP contribution in [0.1, 0.15) is 59.9 Å². The average molecular weight is 686 g/mol. The summed E-state index contributed by atoms with van der Waals surface area (Å²) in [5.41, 5.74) is 4.57. The van der Waals surface area contributed by atoms with E-state index < -0.39 is 28.5 Å². The second-order valence-corrected chi connectivity index (χ2v) is 15.1. The highest BCUT2D eigenvalue weighted by atomic mass is 35.5. The van der Waals surface area contributed by atoms with Gasteiger partial charge in [0.25, 0.3) is 10.0 Å². The van der Waals surface area contributed by atoms with E-state index in [4.69, 9.17) is 11.6 Å². The molecule has 1 aliphatic rings. The Morgan fingerprint density at radius 2 is 1.44 bits per heavy atom. The van der Waals surface area contributed by atoms with Crippen LogP contribution in [0, 0.1) is 20.8 Å². The number of carbonyl (C=O) groups is 2. The lowest BCUT2D eigenvalue weighted by Crippen LogP contribution is -2.55. The maximum absolute atomic E-state index is 14.8. The molecule has 0 radical (unpaired) electrons. The Morgan fingerprint density at radius 1 is 0.812 bits per heavy atom. The molecule has 1 saturated carbocycles. The van der Waals surface area contributed by atoms with E-state index in [9.17, 15) is 18.0 Å². The molecule has 1 aliphatic carbocycles. The number of anilines is 1. The number of hydrogen-bond donors (Lipinski definition) is 1. The van der Waals surface area contributed by atoms with Gasteiger partial charge in [-0.25, -0.2) is 8.42 Å². The molecule has 5 rings (SSSR count). The maximum atomic E-state index is 14.8. The van der Waals surface area contributed by atoms with E-state index in [1.165, 1.54) is 4.90 Å². The molecule has 0 saturated heterocycles. The van der Waals surface area contributed by atoms with Gasteiger partial charge >= 0.3 is 0 Å². The second-order valence-electron chi connectivity index (χ2n) is 12.8. The van der Waals surface area contributed by atoms with Crippen LogP contribution in [0.25, 0.3) is 0 Å². The van der Waals surface area contributed by atoms with Crippen LogP contribution in [0.3, 0.4) is 0 Å². The van der Waals surface area contributed by atoms with E-state index in [0.717, 1.165) is 58.7 Å². The minimum absolute atomic E-state index is 0.0236. The van der Waals surface area contributed by atoms with Crippen molar-refractivity contribution in [1.29, 1.82) is 0 Å². The minimum atomic E-state index is -4.18. The van der Waals surface area contributed by atoms with Crippen molar-refractivity contribution < 1.29 is 18.0 Å². The van der Waals surface area contributed by atoms with Crippen molar-refractivity contribution in [3.8, 4) is 0 Å². The molecule has 48 heavy (non-hydrogen) atoms. The summed E-state index contributed by atoms with van der Waals surface area (Å²) in [6.07, 6.45) is 5.25. The molecule has 252 valence electrons. The number of hydrogen-bond acceptors (Lipinski definition) is 4. The summed E-state index contributed by atoms with van der Waals surface area (Å²) in [6.45, 7) is 5.19. The van der Waals surface area contributed by atoms with Crippen molar-refractivity contribution in [2.75, 3.05) is 10.8 Å². The monoisotopic (exact) mass is 685 g/mol. The Labute approximate surface area is 290 Å². The summed E-state index contributed by atoms with van der Waals surface area (Å²) >= 11 is 6.63. The molecular formula is C39H44ClN3O4S. The van der Waals surface area contributed by atoms with Gasteiger partial charge in [0.15, 0.2) is 0 Å². The van der Waals surface area contributed by atoms with Gasteiger partial charge in [-0.3, -0.25) is 13.9 Å². The molecule has 2 amide bonds. The van der Waals surface area contributed by atoms with Crippen molar-refractivity contribution in [3.63, 3.8) is 0 Å². The lowest BCUT2D eigenvalue weighted by atomic mass is 9.94. The number of rotatable bonds is 12. The Hall–Kier alpha value is -4.14. The largest absolute Gasteiger partial charge is 0.352 e. The predicted octanol–water partition coefficient (Wildman–Crippen LogP) is 7.55. The standard InChI is InChI=1S/C39H44ClN3O4S/c1-28-18-20-35(21-19-28)48(46,47)43(34-23-29(2)22-30(3)24-34)27-38(44)42(26-32-14-10-11-17-36(32)40)37(25-31-12-6-4-7-13-31)39(45)41-33-15-8-5-9-16-33/h4,6-7,10-14,17-24,33,37H,5,8-9,15-16,25-27H2,1-3H3,(H,41,45)/t37-/m1/s1. The number of sulfonamides is 1. The van der Waals surface area contributed by atoms with E-state index >= 15 is 0 Å². The number of halogens is 1. The summed E-state index contributed by atoms with van der Waals surface area (Å²) in [5.74, 6) is -0.769. The molecule has 7 nitrogen and oxygen atoms in total. The van der Waals surface area contributed by atoms with Crippen LogP contribution < -0.4 is 9.62 Å². The maximum Gasteiger partial charge on any atom is 0.264 e. The number of carbonyl (C=O) groups excluding carboxylic acids is 2. The normalized spacial score (nSPS) is 14.2. The summed E-state index contributed by atoms with van der Waals surface area (Å²) in [7, 11) is -4.18. The van der Waals surface area contributed by atoms with Gasteiger partial charge in [-0.1, -0.05) is 103 Å². The summed E-state index contributed by atoms with van der Waals surface area (Å²) in [6, 6.07) is 28.0. The molecule has 1 N–H and O–H groups in total. The van der Waals surface area contributed by atoms with Crippen LogP contribution >= 0.6 is 11.6 Å². The fourth-order valence-electron chi connectivity index (χ4n) is 6.37. The SMILES string of the molecule is Cc1ccc(S(=O)(=O)N(CC(=O)N(Cc2ccccc2Cl)[C@H](Cc2ccccc2)C(=O)NC2CCCCC2)c2cc(C)cc(C)c2)cc1. The first-order chi connectivity index (χ1) is 23.0. The number of nitrogens with zero attached hydrogens (tertiary/aromatic N) is 2. The third-order valence-corrected chi connectivity index (χ3v) is 11.1. The summed E-state index contributed by atoms with van der Waals surface area (Å²) in [4.78, 5) is 30.6. The molecule has 9 heteroatoms. The van der Waals surface area contributed by atoms with Crippen molar-refractivity contribution in [1.82, 2.24) is 10.2 Å². The quantitative estimate of drug-likeness (QED) is 0.167. The molecule has 4 aromatic rings. The molecule has 0 spiro atoms. The first-order valence-electron chi connectivity index (χ1n) is 16.6. The van der Waals surface area contributed by atoms with Crippen molar-refractivity contribution in [2.45, 2.75) is 82.8 Å². The molecule has 4 aromatic carbocycles. The molecule has 1 atom stereocenters. The highest BCUT2D eigenvalue weighted by Crippen LogP contribution is 2.28. The van der Waals surface area contributed by atoms with E-state index in [-0.39, 0.29) is 29.8 Å². The van der Waals surface area contributed by atoms with Gasteiger partial charge in [0.1, 0.15) is 12.6 Å². The van der Waals surface area contributed by atoms with Gasteiger partial charge in [-0.15, -0.1) is 0 Å². The molecule has 0 aliphatic heterocycles. The van der Waals surface area contributed by atoms with E-state index in [0.29, 0.717) is 16.3 Å². The van der Waals surface area contributed by atoms with Gasteiger partial charge < -0.3 is 10.2 Å². The van der Waals surface area contributed by atoms with Crippen molar-refractivity contribution >= 4 is 39.1 Å². The Kier molecular flexibility index (Phi) is 11.6. The van der Waals surface area contributed by atoms with Crippen LogP contribution in [-0.4, -0.2) is 43.8 Å². The molecule has 0 heterocycles. The smallest absolute Gasteiger partial charge is 0.264 e. The lowest BCUT2D eigenvalue weighted by molar-refractivity contribution is -0.140. The van der Waals surface area contributed by atoms with Crippen LogP contribution in [-0.2, 0) is 32.6 Å². The van der Waals surface area contributed by atoms with Gasteiger partial charge in [-0.2, -0.15) is 0 Å². The van der Waals surface area contributed by atoms with Gasteiger partial charge in [-0.05, 0) is 86.2 Å². The zero-order valence-electron chi connectivity index (χ0n) is 27.9. The topological polar surface area (TPSA) is 86.8 Å². The van der Waals surface area contributed by atoms with E-state index in [1.54, 1.807) is 42.5 Å². The summed E-state index contributed by atoms with van der Waals surface area (Å²) < 4.78 is 29.9. The lowest BCUT2D eigenvalue weighted by Gasteiger charge is -2.35. The zero-order chi connectivity index (χ0) is 34.3. The number of benzene rings is 4. The number of aryl methyl sites for hydroxylation is 3. The predicted molar refractivity (Wildman–Crippen MR) is 193 cm³/mol. The number of amides is 2. The van der Waals surface area contributed by atoms with Gasteiger partial charge in [0, 0.05) is 24.0 Å². The van der Waals surface area contributed by atoms with Gasteiger partial charge in [0.05, 0.1) is 10.6 Å². The summed E-state index contributed by atoms with van der Waals surface area (Å²) in [5, 5.41) is 3.70. The fraction of sp³-hybridized carbons (Fsp3) is 0.333. The van der Waals surface area contributed by atoms with Crippen LogP contribution in [0.4, 0.5) is 5.69 Å². The van der Waals surface area contributed by atoms with Crippen molar-refractivity contribution in [3.05, 3.63) is 130 Å². The third kappa shape index (κ3) is 8.85. The highest BCUT2D eigenvalue weighted by Gasteiger charge is 2.35. The molecule has 0 aromatic heterocycles. The van der Waals surface area contributed by atoms with Gasteiger partial charge in [0.2, 0.25) is 11.8 Å². The molecule has 1 fully saturated rings. The van der Waals surface area contributed by atoms with Crippen LogP contribution in [0.15, 0.2) is 102 Å². The minimum Gasteiger partial charge on any atom is -0.352 e. The first-order valence-corrected chi connectivity index (χ1v) is 18.4. The average Bonchev–Trinajstić information content (AvgIpc) is 3.06. The van der Waals surface area contributed by atoms with Crippen LogP contribution in [0.5, 0.6) is 0 Å². The molecular weight excluding hydrogens is 642 g/mol.